The highest BCUT2D eigenvalue weighted by Gasteiger charge is 2.23. The molecule has 1 aliphatic carbocycles. The van der Waals surface area contributed by atoms with E-state index >= 15 is 0 Å². The molecule has 0 bridgehead atoms. The molecule has 0 radical (unpaired) electrons. The lowest BCUT2D eigenvalue weighted by atomic mass is 9.92. The zero-order valence-electron chi connectivity index (χ0n) is 17.9. The number of aromatic nitrogens is 4. The molecule has 168 valence electrons. The third-order valence-electron chi connectivity index (χ3n) is 6.18. The van der Waals surface area contributed by atoms with Crippen LogP contribution in [0.5, 0.6) is 0 Å². The number of rotatable bonds is 6. The fraction of sp³-hybridized carbons (Fsp3) is 0.455. The average molecular weight is 436 g/mol. The molecular weight excluding hydrogens is 406 g/mol. The Morgan fingerprint density at radius 2 is 1.91 bits per heavy atom. The van der Waals surface area contributed by atoms with Gasteiger partial charge in [-0.1, -0.05) is 0 Å². The second kappa shape index (κ2) is 9.09. The first-order chi connectivity index (χ1) is 15.7. The monoisotopic (exact) mass is 435 g/mol. The van der Waals surface area contributed by atoms with Gasteiger partial charge in [0.15, 0.2) is 11.3 Å². The number of hydrogen-bond donors (Lipinski definition) is 5. The Bertz CT molecular complexity index is 1070. The molecule has 3 aromatic rings. The fourth-order valence-corrected chi connectivity index (χ4v) is 4.40. The van der Waals surface area contributed by atoms with Crippen LogP contribution in [0.3, 0.4) is 0 Å². The van der Waals surface area contributed by atoms with Crippen LogP contribution in [-0.4, -0.2) is 56.7 Å². The van der Waals surface area contributed by atoms with Crippen molar-refractivity contribution in [1.82, 2.24) is 24.9 Å². The first kappa shape index (κ1) is 20.7. The largest absolute Gasteiger partial charge is 0.378 e. The predicted molar refractivity (Wildman–Crippen MR) is 124 cm³/mol. The van der Waals surface area contributed by atoms with E-state index in [2.05, 4.69) is 31.2 Å². The maximum atomic E-state index is 13.0. The lowest BCUT2D eigenvalue weighted by Crippen LogP contribution is -2.33. The second-order valence-electron chi connectivity index (χ2n) is 8.60. The van der Waals surface area contributed by atoms with Gasteiger partial charge in [-0.25, -0.2) is 9.50 Å². The van der Waals surface area contributed by atoms with E-state index in [0.29, 0.717) is 29.1 Å². The van der Waals surface area contributed by atoms with Crippen LogP contribution >= 0.6 is 0 Å². The van der Waals surface area contributed by atoms with Crippen LogP contribution in [0, 0.1) is 0 Å². The lowest BCUT2D eigenvalue weighted by Gasteiger charge is -2.27. The van der Waals surface area contributed by atoms with Crippen LogP contribution in [0.1, 0.15) is 42.6 Å². The van der Waals surface area contributed by atoms with Gasteiger partial charge in [-0.15, -0.1) is 5.10 Å². The van der Waals surface area contributed by atoms with Crippen LogP contribution in [0.2, 0.25) is 0 Å². The molecular formula is C22H29N9O. The van der Waals surface area contributed by atoms with Crippen LogP contribution in [0.25, 0.3) is 5.65 Å². The Balaban J connectivity index is 1.45. The number of nitrogens with one attached hydrogen (secondary N) is 4. The second-order valence-corrected chi connectivity index (χ2v) is 8.60. The molecule has 1 aliphatic heterocycles. The van der Waals surface area contributed by atoms with Crippen molar-refractivity contribution in [1.29, 1.82) is 0 Å². The Morgan fingerprint density at radius 3 is 2.66 bits per heavy atom. The predicted octanol–water partition coefficient (Wildman–Crippen LogP) is 1.83. The van der Waals surface area contributed by atoms with E-state index in [4.69, 9.17) is 10.8 Å². The molecule has 1 atom stereocenters. The zero-order chi connectivity index (χ0) is 21.9. The number of nitrogens with two attached hydrogens (primary N) is 1. The summed E-state index contributed by atoms with van der Waals surface area (Å²) in [6.07, 6.45) is 9.91. The highest BCUT2D eigenvalue weighted by Crippen LogP contribution is 2.26. The van der Waals surface area contributed by atoms with Gasteiger partial charge in [0.2, 0.25) is 0 Å². The summed E-state index contributed by atoms with van der Waals surface area (Å²) in [7, 11) is 0. The smallest absolute Gasteiger partial charge is 0.276 e. The number of hydrogen-bond acceptors (Lipinski definition) is 8. The molecule has 0 spiro atoms. The van der Waals surface area contributed by atoms with Crippen LogP contribution < -0.4 is 27.0 Å². The summed E-state index contributed by atoms with van der Waals surface area (Å²) in [5, 5.41) is 18.1. The Morgan fingerprint density at radius 1 is 1.09 bits per heavy atom. The maximum absolute atomic E-state index is 13.0. The van der Waals surface area contributed by atoms with Crippen molar-refractivity contribution in [3.8, 4) is 0 Å². The van der Waals surface area contributed by atoms with E-state index in [-0.39, 0.29) is 11.9 Å². The molecule has 10 nitrogen and oxygen atoms in total. The number of imidazole rings is 1. The van der Waals surface area contributed by atoms with Gasteiger partial charge in [-0.2, -0.15) is 0 Å². The molecule has 10 heteroatoms. The molecule has 2 fully saturated rings. The molecule has 3 aromatic heterocycles. The highest BCUT2D eigenvalue weighted by atomic mass is 16.2. The number of nitrogens with zero attached hydrogens (tertiary/aromatic N) is 4. The molecule has 1 saturated heterocycles. The minimum Gasteiger partial charge on any atom is -0.378 e. The lowest BCUT2D eigenvalue weighted by molar-refractivity contribution is 0.102. The number of pyridine rings is 1. The summed E-state index contributed by atoms with van der Waals surface area (Å²) in [5.41, 5.74) is 8.61. The number of fused-ring (bicyclic) bond motifs is 1. The number of amides is 1. The van der Waals surface area contributed by atoms with E-state index < -0.39 is 0 Å². The van der Waals surface area contributed by atoms with Crippen LogP contribution in [0.15, 0.2) is 36.8 Å². The SMILES string of the molecule is NC1CCC(Nc2cc(NC3CCNC3)c3ncc(C(=O)Nc4ccncc4)n3n2)CC1. The summed E-state index contributed by atoms with van der Waals surface area (Å²) in [6, 6.07) is 6.41. The molecule has 1 saturated carbocycles. The van der Waals surface area contributed by atoms with Gasteiger partial charge < -0.3 is 27.0 Å². The molecule has 5 rings (SSSR count). The van der Waals surface area contributed by atoms with Gasteiger partial charge in [0.1, 0.15) is 5.82 Å². The van der Waals surface area contributed by atoms with Gasteiger partial charge in [-0.05, 0) is 50.8 Å². The summed E-state index contributed by atoms with van der Waals surface area (Å²) in [6.45, 7) is 1.88. The molecule has 1 unspecified atom stereocenters. The molecule has 2 aliphatic rings. The van der Waals surface area contributed by atoms with E-state index in [1.165, 1.54) is 0 Å². The average Bonchev–Trinajstić information content (AvgIpc) is 3.46. The number of carbonyl (C=O) groups excluding carboxylic acids is 1. The Labute approximate surface area is 186 Å². The molecule has 1 amide bonds. The Kier molecular flexibility index (Phi) is 5.87. The van der Waals surface area contributed by atoms with E-state index in [1.807, 2.05) is 6.07 Å². The summed E-state index contributed by atoms with van der Waals surface area (Å²) in [4.78, 5) is 21.5. The van der Waals surface area contributed by atoms with Crippen molar-refractivity contribution in [2.45, 2.75) is 50.2 Å². The van der Waals surface area contributed by atoms with Crippen molar-refractivity contribution in [2.24, 2.45) is 5.73 Å². The van der Waals surface area contributed by atoms with E-state index in [1.54, 1.807) is 35.2 Å². The molecule has 32 heavy (non-hydrogen) atoms. The van der Waals surface area contributed by atoms with Gasteiger partial charge in [0, 0.05) is 48.8 Å². The van der Waals surface area contributed by atoms with Crippen molar-refractivity contribution in [3.63, 3.8) is 0 Å². The maximum Gasteiger partial charge on any atom is 0.276 e. The topological polar surface area (TPSA) is 134 Å². The minimum absolute atomic E-state index is 0.273. The van der Waals surface area contributed by atoms with Gasteiger partial charge in [-0.3, -0.25) is 9.78 Å². The van der Waals surface area contributed by atoms with Gasteiger partial charge in [0.25, 0.3) is 5.91 Å². The van der Waals surface area contributed by atoms with Gasteiger partial charge in [0.05, 0.1) is 11.9 Å². The first-order valence-electron chi connectivity index (χ1n) is 11.3. The zero-order valence-corrected chi connectivity index (χ0v) is 17.9. The van der Waals surface area contributed by atoms with Crippen LogP contribution in [0.4, 0.5) is 17.2 Å². The standard InChI is InChI=1S/C22H29N9O/c23-14-1-3-15(4-2-14)28-20-11-18(27-17-7-10-25-12-17)21-26-13-19(31(21)30-20)22(32)29-16-5-8-24-9-6-16/h5-6,8-9,11,13-15,17,25,27H,1-4,7,10,12,23H2,(H,28,30)(H,24,29,32). The van der Waals surface area contributed by atoms with Crippen LogP contribution in [-0.2, 0) is 0 Å². The highest BCUT2D eigenvalue weighted by molar-refractivity contribution is 6.03. The van der Waals surface area contributed by atoms with E-state index in [0.717, 1.165) is 56.7 Å². The quantitative estimate of drug-likeness (QED) is 0.396. The molecule has 6 N–H and O–H groups in total. The summed E-state index contributed by atoms with van der Waals surface area (Å²) < 4.78 is 1.62. The van der Waals surface area contributed by atoms with Crippen molar-refractivity contribution in [3.05, 3.63) is 42.5 Å². The third kappa shape index (κ3) is 4.51. The first-order valence-corrected chi connectivity index (χ1v) is 11.3. The van der Waals surface area contributed by atoms with E-state index in [9.17, 15) is 4.79 Å². The minimum atomic E-state index is -0.273. The third-order valence-corrected chi connectivity index (χ3v) is 6.18. The number of carbonyl (C=O) groups is 1. The molecule has 4 heterocycles. The van der Waals surface area contributed by atoms with Crippen molar-refractivity contribution >= 4 is 28.7 Å². The number of anilines is 3. The fourth-order valence-electron chi connectivity index (χ4n) is 4.40. The normalized spacial score (nSPS) is 23.2. The summed E-state index contributed by atoms with van der Waals surface area (Å²) in [5.74, 6) is 0.452. The Hall–Kier alpha value is -3.24. The van der Waals surface area contributed by atoms with Gasteiger partial charge >= 0.3 is 0 Å². The molecule has 0 aromatic carbocycles. The van der Waals surface area contributed by atoms with Crippen molar-refractivity contribution in [2.75, 3.05) is 29.0 Å². The van der Waals surface area contributed by atoms with Crippen molar-refractivity contribution < 1.29 is 4.79 Å². The summed E-state index contributed by atoms with van der Waals surface area (Å²) >= 11 is 0.